The topological polar surface area (TPSA) is 3.24 Å². The van der Waals surface area contributed by atoms with Gasteiger partial charge in [-0.25, -0.2) is 0 Å². The Morgan fingerprint density at radius 2 is 1.80 bits per heavy atom. The largest absolute Gasteiger partial charge is 0.302 e. The van der Waals surface area contributed by atoms with Gasteiger partial charge in [0, 0.05) is 13.1 Å². The van der Waals surface area contributed by atoms with Crippen molar-refractivity contribution in [2.45, 2.75) is 41.0 Å². The summed E-state index contributed by atoms with van der Waals surface area (Å²) >= 11 is 0. The molecule has 0 N–H and O–H groups in total. The Hall–Kier alpha value is -0.560. The van der Waals surface area contributed by atoms with Crippen LogP contribution in [0.2, 0.25) is 0 Å². The van der Waals surface area contributed by atoms with Gasteiger partial charge >= 0.3 is 0 Å². The van der Waals surface area contributed by atoms with Crippen LogP contribution < -0.4 is 0 Å². The number of nitrogens with zero attached hydrogens (tertiary/aromatic N) is 1. The van der Waals surface area contributed by atoms with Crippen molar-refractivity contribution < 1.29 is 0 Å². The highest BCUT2D eigenvalue weighted by Gasteiger charge is 2.19. The van der Waals surface area contributed by atoms with Gasteiger partial charge in [0.1, 0.15) is 0 Å². The summed E-state index contributed by atoms with van der Waals surface area (Å²) in [6.45, 7) is 13.7. The summed E-state index contributed by atoms with van der Waals surface area (Å²) in [5.74, 6) is 0.678. The van der Waals surface area contributed by atoms with Crippen molar-refractivity contribution in [1.29, 1.82) is 0 Å². The zero-order valence-electron chi connectivity index (χ0n) is 11.1. The highest BCUT2D eigenvalue weighted by molar-refractivity contribution is 5.39. The summed E-state index contributed by atoms with van der Waals surface area (Å²) in [4.78, 5) is 2.43. The summed E-state index contributed by atoms with van der Waals surface area (Å²) in [5.41, 5.74) is 6.25. The first-order valence-electron chi connectivity index (χ1n) is 5.98. The Kier molecular flexibility index (Phi) is 4.15. The summed E-state index contributed by atoms with van der Waals surface area (Å²) in [7, 11) is 2.22. The second kappa shape index (κ2) is 4.98. The molecule has 1 heteroatoms. The minimum Gasteiger partial charge on any atom is -0.302 e. The van der Waals surface area contributed by atoms with Crippen molar-refractivity contribution in [3.63, 3.8) is 0 Å². The molecule has 0 spiro atoms. The zero-order chi connectivity index (χ0) is 11.6. The summed E-state index contributed by atoms with van der Waals surface area (Å²) in [5, 5.41) is 0. The lowest BCUT2D eigenvalue weighted by Crippen LogP contribution is -2.30. The molecule has 0 radical (unpaired) electrons. The zero-order valence-corrected chi connectivity index (χ0v) is 11.1. The van der Waals surface area contributed by atoms with Crippen molar-refractivity contribution in [1.82, 2.24) is 4.90 Å². The van der Waals surface area contributed by atoms with Gasteiger partial charge in [-0.15, -0.1) is 0 Å². The average Bonchev–Trinajstić information content (AvgIpc) is 2.16. The van der Waals surface area contributed by atoms with E-state index in [1.54, 1.807) is 11.1 Å². The van der Waals surface area contributed by atoms with Crippen LogP contribution in [0.4, 0.5) is 0 Å². The first kappa shape index (κ1) is 12.5. The van der Waals surface area contributed by atoms with E-state index in [4.69, 9.17) is 0 Å². The van der Waals surface area contributed by atoms with Crippen molar-refractivity contribution in [3.05, 3.63) is 22.3 Å². The fourth-order valence-electron chi connectivity index (χ4n) is 2.19. The number of rotatable bonds is 2. The van der Waals surface area contributed by atoms with Gasteiger partial charge in [-0.05, 0) is 51.3 Å². The Morgan fingerprint density at radius 1 is 1.20 bits per heavy atom. The fraction of sp³-hybridized carbons (Fsp3) is 0.714. The van der Waals surface area contributed by atoms with E-state index < -0.39 is 0 Å². The fourth-order valence-corrected chi connectivity index (χ4v) is 2.19. The molecule has 1 aliphatic heterocycles. The van der Waals surface area contributed by atoms with Gasteiger partial charge in [0.2, 0.25) is 0 Å². The van der Waals surface area contributed by atoms with Crippen LogP contribution in [-0.4, -0.2) is 25.0 Å². The van der Waals surface area contributed by atoms with Crippen LogP contribution in [0.25, 0.3) is 0 Å². The van der Waals surface area contributed by atoms with Crippen molar-refractivity contribution >= 4 is 0 Å². The lowest BCUT2D eigenvalue weighted by Gasteiger charge is -2.31. The smallest absolute Gasteiger partial charge is 0.0198 e. The number of hydrogen-bond acceptors (Lipinski definition) is 1. The molecular weight excluding hydrogens is 182 g/mol. The van der Waals surface area contributed by atoms with E-state index in [1.165, 1.54) is 24.1 Å². The monoisotopic (exact) mass is 207 g/mol. The first-order valence-corrected chi connectivity index (χ1v) is 5.98. The van der Waals surface area contributed by atoms with E-state index in [1.807, 2.05) is 0 Å². The van der Waals surface area contributed by atoms with E-state index in [0.29, 0.717) is 5.92 Å². The standard InChI is InChI=1S/C14H25N/c1-10(2)12(5)13-7-8-15(6)9-14(13)11(3)4/h11H,7-9H2,1-6H3. The third-order valence-corrected chi connectivity index (χ3v) is 3.47. The van der Waals surface area contributed by atoms with Crippen LogP contribution in [0.1, 0.15) is 41.0 Å². The lowest BCUT2D eigenvalue weighted by molar-refractivity contribution is 0.335. The molecule has 0 atom stereocenters. The highest BCUT2D eigenvalue weighted by Crippen LogP contribution is 2.29. The molecule has 0 bridgehead atoms. The third-order valence-electron chi connectivity index (χ3n) is 3.47. The maximum atomic E-state index is 2.43. The number of hydrogen-bond donors (Lipinski definition) is 0. The summed E-state index contributed by atoms with van der Waals surface area (Å²) in [6.07, 6.45) is 1.22. The van der Waals surface area contributed by atoms with Crippen molar-refractivity contribution in [2.24, 2.45) is 5.92 Å². The molecular formula is C14H25N. The summed E-state index contributed by atoms with van der Waals surface area (Å²) < 4.78 is 0. The van der Waals surface area contributed by atoms with Crippen LogP contribution >= 0.6 is 0 Å². The van der Waals surface area contributed by atoms with Gasteiger partial charge in [-0.2, -0.15) is 0 Å². The van der Waals surface area contributed by atoms with Gasteiger partial charge in [0.05, 0.1) is 0 Å². The molecule has 0 saturated carbocycles. The minimum absolute atomic E-state index is 0.678. The van der Waals surface area contributed by atoms with Crippen LogP contribution in [-0.2, 0) is 0 Å². The van der Waals surface area contributed by atoms with E-state index in [-0.39, 0.29) is 0 Å². The van der Waals surface area contributed by atoms with Gasteiger partial charge in [-0.3, -0.25) is 0 Å². The minimum atomic E-state index is 0.678. The Labute approximate surface area is 94.9 Å². The van der Waals surface area contributed by atoms with Crippen molar-refractivity contribution in [2.75, 3.05) is 20.1 Å². The van der Waals surface area contributed by atoms with E-state index in [2.05, 4.69) is 46.6 Å². The Morgan fingerprint density at radius 3 is 2.27 bits per heavy atom. The Bertz CT molecular complexity index is 290. The average molecular weight is 207 g/mol. The molecule has 1 nitrogen and oxygen atoms in total. The molecule has 0 aliphatic carbocycles. The normalized spacial score (nSPS) is 18.6. The highest BCUT2D eigenvalue weighted by atomic mass is 15.1. The van der Waals surface area contributed by atoms with E-state index >= 15 is 0 Å². The molecule has 0 fully saturated rings. The SMILES string of the molecule is CC(C)=C(C)C1=C(C(C)C)CN(C)CC1. The van der Waals surface area contributed by atoms with Gasteiger partial charge in [0.25, 0.3) is 0 Å². The first-order chi connectivity index (χ1) is 6.93. The molecule has 0 aromatic heterocycles. The predicted molar refractivity (Wildman–Crippen MR) is 68.0 cm³/mol. The van der Waals surface area contributed by atoms with Crippen molar-refractivity contribution in [3.8, 4) is 0 Å². The second-order valence-corrected chi connectivity index (χ2v) is 5.27. The molecule has 86 valence electrons. The Balaban J connectivity index is 3.10. The van der Waals surface area contributed by atoms with Gasteiger partial charge in [0.15, 0.2) is 0 Å². The van der Waals surface area contributed by atoms with Crippen LogP contribution in [0.5, 0.6) is 0 Å². The number of allylic oxidation sites excluding steroid dienone is 2. The molecule has 15 heavy (non-hydrogen) atoms. The number of likely N-dealkylation sites (N-methyl/N-ethyl adjacent to an activating group) is 1. The van der Waals surface area contributed by atoms with E-state index in [9.17, 15) is 0 Å². The predicted octanol–water partition coefficient (Wildman–Crippen LogP) is 3.63. The maximum absolute atomic E-state index is 2.43. The molecule has 0 saturated heterocycles. The molecule has 0 aromatic carbocycles. The maximum Gasteiger partial charge on any atom is 0.0198 e. The third kappa shape index (κ3) is 2.94. The second-order valence-electron chi connectivity index (χ2n) is 5.27. The molecule has 0 aromatic rings. The van der Waals surface area contributed by atoms with Crippen LogP contribution in [0.3, 0.4) is 0 Å². The molecule has 1 aliphatic rings. The molecule has 0 amide bonds. The molecule has 1 rings (SSSR count). The van der Waals surface area contributed by atoms with Crippen LogP contribution in [0, 0.1) is 5.92 Å². The molecule has 0 unspecified atom stereocenters. The lowest BCUT2D eigenvalue weighted by atomic mass is 9.86. The van der Waals surface area contributed by atoms with E-state index in [0.717, 1.165) is 6.54 Å². The van der Waals surface area contributed by atoms with Gasteiger partial charge in [-0.1, -0.05) is 25.0 Å². The molecule has 1 heterocycles. The van der Waals surface area contributed by atoms with Crippen LogP contribution in [0.15, 0.2) is 22.3 Å². The summed E-state index contributed by atoms with van der Waals surface area (Å²) in [6, 6.07) is 0. The quantitative estimate of drug-likeness (QED) is 0.668. The van der Waals surface area contributed by atoms with Gasteiger partial charge < -0.3 is 4.90 Å².